The number of nitrogens with one attached hydrogen (secondary N) is 1. The second kappa shape index (κ2) is 6.65. The standard InChI is InChI=1S/C17H17Cl2NO3/c1-9(20-22-2)17(21)16-12(8-11-4-6-15(16)23-11)10-3-5-13(18)14(19)7-10/h3,5,7,11,15,20H,1,4,6,8H2,2H3/t11?,15-/m1/s1. The summed E-state index contributed by atoms with van der Waals surface area (Å²) in [4.78, 5) is 17.6. The van der Waals surface area contributed by atoms with Crippen molar-refractivity contribution in [3.63, 3.8) is 0 Å². The van der Waals surface area contributed by atoms with Gasteiger partial charge in [0.15, 0.2) is 0 Å². The summed E-state index contributed by atoms with van der Waals surface area (Å²) in [6.07, 6.45) is 2.38. The maximum absolute atomic E-state index is 12.8. The van der Waals surface area contributed by atoms with Gasteiger partial charge in [-0.25, -0.2) is 0 Å². The molecule has 23 heavy (non-hydrogen) atoms. The molecule has 2 bridgehead atoms. The van der Waals surface area contributed by atoms with E-state index in [0.29, 0.717) is 22.0 Å². The van der Waals surface area contributed by atoms with E-state index in [1.165, 1.54) is 7.11 Å². The smallest absolute Gasteiger partial charge is 0.209 e. The third kappa shape index (κ3) is 3.17. The summed E-state index contributed by atoms with van der Waals surface area (Å²) in [7, 11) is 1.44. The highest BCUT2D eigenvalue weighted by Crippen LogP contribution is 2.42. The highest BCUT2D eigenvalue weighted by molar-refractivity contribution is 6.42. The minimum atomic E-state index is -0.207. The summed E-state index contributed by atoms with van der Waals surface area (Å²) < 4.78 is 5.92. The molecule has 0 spiro atoms. The number of Topliss-reactive ketones (excluding diaryl/α,β-unsaturated/α-hetero) is 1. The molecule has 2 heterocycles. The largest absolute Gasteiger partial charge is 0.370 e. The number of hydroxylamine groups is 1. The Kier molecular flexibility index (Phi) is 4.78. The molecule has 3 rings (SSSR count). The predicted molar refractivity (Wildman–Crippen MR) is 90.2 cm³/mol. The molecule has 2 aliphatic heterocycles. The number of ether oxygens (including phenoxy) is 1. The van der Waals surface area contributed by atoms with Crippen LogP contribution in [0.25, 0.3) is 5.57 Å². The van der Waals surface area contributed by atoms with Gasteiger partial charge < -0.3 is 4.74 Å². The molecule has 0 aromatic heterocycles. The van der Waals surface area contributed by atoms with Crippen LogP contribution in [0, 0.1) is 0 Å². The topological polar surface area (TPSA) is 47.6 Å². The second-order valence-electron chi connectivity index (χ2n) is 5.66. The SMILES string of the molecule is C=C(NOC)C(=O)C1=C(c2ccc(Cl)c(Cl)c2)CC2CC[C@H]1O2. The van der Waals surface area contributed by atoms with Gasteiger partial charge in [-0.1, -0.05) is 35.8 Å². The Labute approximate surface area is 145 Å². The monoisotopic (exact) mass is 353 g/mol. The summed E-state index contributed by atoms with van der Waals surface area (Å²) in [5.41, 5.74) is 5.18. The van der Waals surface area contributed by atoms with E-state index >= 15 is 0 Å². The van der Waals surface area contributed by atoms with Gasteiger partial charge in [0.1, 0.15) is 5.70 Å². The number of ketones is 1. The zero-order chi connectivity index (χ0) is 16.6. The van der Waals surface area contributed by atoms with Crippen molar-refractivity contribution in [2.45, 2.75) is 31.5 Å². The van der Waals surface area contributed by atoms with Gasteiger partial charge in [0.05, 0.1) is 29.4 Å². The Hall–Kier alpha value is -1.33. The fraction of sp³-hybridized carbons (Fsp3) is 0.353. The van der Waals surface area contributed by atoms with Crippen molar-refractivity contribution in [3.05, 3.63) is 51.7 Å². The number of carbonyl (C=O) groups is 1. The van der Waals surface area contributed by atoms with Crippen LogP contribution in [0.15, 0.2) is 36.0 Å². The minimum Gasteiger partial charge on any atom is -0.370 e. The summed E-state index contributed by atoms with van der Waals surface area (Å²) in [5.74, 6) is -0.196. The molecule has 122 valence electrons. The first kappa shape index (κ1) is 16.5. The maximum atomic E-state index is 12.8. The zero-order valence-corrected chi connectivity index (χ0v) is 14.2. The highest BCUT2D eigenvalue weighted by atomic mass is 35.5. The van der Waals surface area contributed by atoms with E-state index in [1.54, 1.807) is 12.1 Å². The van der Waals surface area contributed by atoms with Crippen molar-refractivity contribution in [2.24, 2.45) is 0 Å². The van der Waals surface area contributed by atoms with Crippen molar-refractivity contribution in [1.29, 1.82) is 0 Å². The second-order valence-corrected chi connectivity index (χ2v) is 6.48. The lowest BCUT2D eigenvalue weighted by Crippen LogP contribution is -2.30. The van der Waals surface area contributed by atoms with Crippen LogP contribution in [-0.2, 0) is 14.4 Å². The fourth-order valence-electron chi connectivity index (χ4n) is 3.17. The van der Waals surface area contributed by atoms with Crippen molar-refractivity contribution in [2.75, 3.05) is 7.11 Å². The zero-order valence-electron chi connectivity index (χ0n) is 12.7. The average molecular weight is 354 g/mol. The first-order valence-electron chi connectivity index (χ1n) is 7.37. The molecule has 1 aromatic rings. The molecule has 1 aromatic carbocycles. The highest BCUT2D eigenvalue weighted by Gasteiger charge is 2.39. The van der Waals surface area contributed by atoms with Crippen LogP contribution >= 0.6 is 23.2 Å². The van der Waals surface area contributed by atoms with Gasteiger partial charge in [-0.05, 0) is 42.5 Å². The van der Waals surface area contributed by atoms with Crippen molar-refractivity contribution >= 4 is 34.6 Å². The van der Waals surface area contributed by atoms with Crippen LogP contribution < -0.4 is 5.48 Å². The molecule has 1 unspecified atom stereocenters. The third-order valence-electron chi connectivity index (χ3n) is 4.20. The average Bonchev–Trinajstić information content (AvgIpc) is 2.91. The van der Waals surface area contributed by atoms with Gasteiger partial charge in [-0.3, -0.25) is 15.1 Å². The number of hydrogen-bond acceptors (Lipinski definition) is 4. The lowest BCUT2D eigenvalue weighted by Gasteiger charge is -2.27. The molecule has 6 heteroatoms. The summed E-state index contributed by atoms with van der Waals surface area (Å²) >= 11 is 12.1. The first-order valence-corrected chi connectivity index (χ1v) is 8.13. The molecule has 0 radical (unpaired) electrons. The van der Waals surface area contributed by atoms with Gasteiger partial charge in [0.2, 0.25) is 5.78 Å². The van der Waals surface area contributed by atoms with E-state index in [-0.39, 0.29) is 23.7 Å². The molecule has 0 aliphatic carbocycles. The Bertz CT molecular complexity index is 699. The van der Waals surface area contributed by atoms with E-state index in [1.807, 2.05) is 6.07 Å². The molecule has 1 fully saturated rings. The number of carbonyl (C=O) groups excluding carboxylic acids is 1. The van der Waals surface area contributed by atoms with E-state index in [4.69, 9.17) is 32.8 Å². The van der Waals surface area contributed by atoms with Gasteiger partial charge >= 0.3 is 0 Å². The molecule has 0 amide bonds. The molecule has 1 saturated heterocycles. The predicted octanol–water partition coefficient (Wildman–Crippen LogP) is 3.93. The summed E-state index contributed by atoms with van der Waals surface area (Å²) in [6.45, 7) is 3.74. The van der Waals surface area contributed by atoms with Gasteiger partial charge in [0.25, 0.3) is 0 Å². The van der Waals surface area contributed by atoms with Crippen LogP contribution in [0.4, 0.5) is 0 Å². The number of allylic oxidation sites excluding steroid dienone is 1. The molecule has 4 nitrogen and oxygen atoms in total. The van der Waals surface area contributed by atoms with Crippen LogP contribution in [-0.4, -0.2) is 25.1 Å². The van der Waals surface area contributed by atoms with Gasteiger partial charge in [-0.15, -0.1) is 0 Å². The number of halogens is 2. The van der Waals surface area contributed by atoms with Crippen LogP contribution in [0.5, 0.6) is 0 Å². The molecular formula is C17H17Cl2NO3. The third-order valence-corrected chi connectivity index (χ3v) is 4.94. The number of benzene rings is 1. The van der Waals surface area contributed by atoms with Crippen LogP contribution in [0.1, 0.15) is 24.8 Å². The lowest BCUT2D eigenvalue weighted by atomic mass is 9.89. The van der Waals surface area contributed by atoms with Crippen molar-refractivity contribution < 1.29 is 14.4 Å². The minimum absolute atomic E-state index is 0.143. The quantitative estimate of drug-likeness (QED) is 0.643. The first-order chi connectivity index (χ1) is 11.0. The van der Waals surface area contributed by atoms with Gasteiger partial charge in [-0.2, -0.15) is 0 Å². The van der Waals surface area contributed by atoms with E-state index in [0.717, 1.165) is 24.0 Å². The normalized spacial score (nSPS) is 23.1. The Balaban J connectivity index is 2.06. The molecule has 2 aliphatic rings. The Morgan fingerprint density at radius 2 is 2.13 bits per heavy atom. The van der Waals surface area contributed by atoms with E-state index in [9.17, 15) is 4.79 Å². The summed E-state index contributed by atoms with van der Waals surface area (Å²) in [5, 5.41) is 0.959. The number of hydrogen-bond donors (Lipinski definition) is 1. The molecular weight excluding hydrogens is 337 g/mol. The van der Waals surface area contributed by atoms with Crippen molar-refractivity contribution in [3.8, 4) is 0 Å². The van der Waals surface area contributed by atoms with E-state index in [2.05, 4.69) is 12.1 Å². The maximum Gasteiger partial charge on any atom is 0.209 e. The van der Waals surface area contributed by atoms with E-state index < -0.39 is 0 Å². The molecule has 2 atom stereocenters. The fourth-order valence-corrected chi connectivity index (χ4v) is 3.47. The Morgan fingerprint density at radius 1 is 1.35 bits per heavy atom. The van der Waals surface area contributed by atoms with Crippen molar-refractivity contribution in [1.82, 2.24) is 5.48 Å². The van der Waals surface area contributed by atoms with Crippen LogP contribution in [0.2, 0.25) is 10.0 Å². The van der Waals surface area contributed by atoms with Crippen LogP contribution in [0.3, 0.4) is 0 Å². The molecule has 1 N–H and O–H groups in total. The Morgan fingerprint density at radius 3 is 2.83 bits per heavy atom. The number of fused-ring (bicyclic) bond motifs is 2. The summed E-state index contributed by atoms with van der Waals surface area (Å²) in [6, 6.07) is 5.42. The van der Waals surface area contributed by atoms with Gasteiger partial charge in [0, 0.05) is 5.57 Å². The molecule has 0 saturated carbocycles. The number of rotatable bonds is 5. The lowest BCUT2D eigenvalue weighted by molar-refractivity contribution is -0.115.